The Morgan fingerprint density at radius 3 is 2.30 bits per heavy atom. The van der Waals surface area contributed by atoms with Crippen molar-refractivity contribution in [3.63, 3.8) is 0 Å². The van der Waals surface area contributed by atoms with E-state index in [1.54, 1.807) is 45.9 Å². The van der Waals surface area contributed by atoms with Gasteiger partial charge in [-0.1, -0.05) is 24.3 Å². The Kier molecular flexibility index (Phi) is 5.73. The third kappa shape index (κ3) is 3.93. The number of benzene rings is 2. The van der Waals surface area contributed by atoms with Gasteiger partial charge in [-0.15, -0.1) is 0 Å². The van der Waals surface area contributed by atoms with Crippen molar-refractivity contribution in [1.82, 2.24) is 9.97 Å². The van der Waals surface area contributed by atoms with Crippen LogP contribution >= 0.6 is 0 Å². The summed E-state index contributed by atoms with van der Waals surface area (Å²) in [5, 5.41) is 12.7. The van der Waals surface area contributed by atoms with Crippen molar-refractivity contribution in [3.05, 3.63) is 54.4 Å². The minimum atomic E-state index is -0.0671. The number of aromatic nitrogens is 2. The van der Waals surface area contributed by atoms with E-state index in [0.717, 1.165) is 11.1 Å². The first-order valence-electron chi connectivity index (χ1n) is 8.28. The van der Waals surface area contributed by atoms with E-state index in [1.807, 2.05) is 24.3 Å². The topological polar surface area (TPSA) is 85.7 Å². The number of aliphatic hydroxyl groups is 1. The van der Waals surface area contributed by atoms with Crippen molar-refractivity contribution >= 4 is 11.5 Å². The normalized spacial score (nSPS) is 10.4. The van der Waals surface area contributed by atoms with Crippen LogP contribution in [0, 0.1) is 0 Å². The van der Waals surface area contributed by atoms with E-state index < -0.39 is 0 Å². The largest absolute Gasteiger partial charge is 0.493 e. The van der Waals surface area contributed by atoms with Gasteiger partial charge in [-0.05, 0) is 5.56 Å². The molecule has 0 atom stereocenters. The minimum absolute atomic E-state index is 0.0671. The van der Waals surface area contributed by atoms with Crippen LogP contribution in [0.3, 0.4) is 0 Å². The molecule has 1 aromatic heterocycles. The number of aliphatic hydroxyl groups excluding tert-OH is 1. The summed E-state index contributed by atoms with van der Waals surface area (Å²) in [6, 6.07) is 11.1. The van der Waals surface area contributed by atoms with Crippen LogP contribution in [0.5, 0.6) is 17.2 Å². The van der Waals surface area contributed by atoms with Crippen molar-refractivity contribution in [2.45, 2.75) is 6.61 Å². The second-order valence-corrected chi connectivity index (χ2v) is 5.64. The predicted molar refractivity (Wildman–Crippen MR) is 103 cm³/mol. The zero-order valence-corrected chi connectivity index (χ0v) is 15.4. The van der Waals surface area contributed by atoms with Gasteiger partial charge in [0.15, 0.2) is 11.5 Å². The summed E-state index contributed by atoms with van der Waals surface area (Å²) in [5.41, 5.74) is 3.00. The fourth-order valence-corrected chi connectivity index (χ4v) is 2.77. The lowest BCUT2D eigenvalue weighted by Crippen LogP contribution is -2.00. The van der Waals surface area contributed by atoms with Crippen LogP contribution in [-0.4, -0.2) is 36.4 Å². The molecule has 0 amide bonds. The second-order valence-electron chi connectivity index (χ2n) is 5.64. The molecule has 0 saturated heterocycles. The first kappa shape index (κ1) is 18.5. The van der Waals surface area contributed by atoms with Crippen molar-refractivity contribution in [1.29, 1.82) is 0 Å². The van der Waals surface area contributed by atoms with Gasteiger partial charge >= 0.3 is 0 Å². The fourth-order valence-electron chi connectivity index (χ4n) is 2.77. The molecule has 0 aliphatic carbocycles. The maximum atomic E-state index is 9.55. The van der Waals surface area contributed by atoms with E-state index in [1.165, 1.54) is 0 Å². The summed E-state index contributed by atoms with van der Waals surface area (Å²) in [4.78, 5) is 8.86. The molecule has 3 aromatic rings. The molecule has 0 radical (unpaired) electrons. The zero-order chi connectivity index (χ0) is 19.2. The Bertz CT molecular complexity index is 906. The van der Waals surface area contributed by atoms with Crippen molar-refractivity contribution in [3.8, 4) is 28.5 Å². The highest BCUT2D eigenvalue weighted by atomic mass is 16.5. The number of ether oxygens (including phenoxy) is 3. The second kappa shape index (κ2) is 8.37. The Hall–Kier alpha value is -3.32. The van der Waals surface area contributed by atoms with Crippen molar-refractivity contribution in [2.24, 2.45) is 0 Å². The molecule has 0 aliphatic rings. The molecule has 2 N–H and O–H groups in total. The molecule has 2 aromatic carbocycles. The highest BCUT2D eigenvalue weighted by molar-refractivity contribution is 5.68. The van der Waals surface area contributed by atoms with Gasteiger partial charge in [0.25, 0.3) is 0 Å². The highest BCUT2D eigenvalue weighted by Crippen LogP contribution is 2.40. The summed E-state index contributed by atoms with van der Waals surface area (Å²) in [7, 11) is 4.68. The molecule has 7 nitrogen and oxygen atoms in total. The van der Waals surface area contributed by atoms with Crippen LogP contribution < -0.4 is 19.5 Å². The molecule has 0 saturated carbocycles. The van der Waals surface area contributed by atoms with Gasteiger partial charge in [0.2, 0.25) is 5.75 Å². The third-order valence-electron chi connectivity index (χ3n) is 4.04. The lowest BCUT2D eigenvalue weighted by Gasteiger charge is -2.15. The van der Waals surface area contributed by atoms with E-state index in [9.17, 15) is 5.11 Å². The maximum absolute atomic E-state index is 9.55. The molecule has 0 bridgehead atoms. The van der Waals surface area contributed by atoms with Gasteiger partial charge < -0.3 is 24.6 Å². The maximum Gasteiger partial charge on any atom is 0.203 e. The van der Waals surface area contributed by atoms with Crippen LogP contribution in [0.25, 0.3) is 11.3 Å². The van der Waals surface area contributed by atoms with Crippen LogP contribution in [-0.2, 0) is 6.61 Å². The Morgan fingerprint density at radius 2 is 1.67 bits per heavy atom. The molecule has 27 heavy (non-hydrogen) atoms. The van der Waals surface area contributed by atoms with Crippen LogP contribution in [0.4, 0.5) is 11.5 Å². The number of hydrogen-bond donors (Lipinski definition) is 2. The van der Waals surface area contributed by atoms with E-state index in [4.69, 9.17) is 14.2 Å². The van der Waals surface area contributed by atoms with Gasteiger partial charge in [0, 0.05) is 23.4 Å². The van der Waals surface area contributed by atoms with Gasteiger partial charge in [-0.25, -0.2) is 4.98 Å². The van der Waals surface area contributed by atoms with Crippen LogP contribution in [0.1, 0.15) is 5.56 Å². The SMILES string of the molecule is COc1cc(Nc2cncc(-c3ccccc3CO)n2)cc(OC)c1OC. The van der Waals surface area contributed by atoms with Crippen molar-refractivity contribution < 1.29 is 19.3 Å². The number of hydrogen-bond acceptors (Lipinski definition) is 7. The summed E-state index contributed by atoms with van der Waals surface area (Å²) in [6.07, 6.45) is 3.28. The number of nitrogens with one attached hydrogen (secondary N) is 1. The number of nitrogens with zero attached hydrogens (tertiary/aromatic N) is 2. The first-order valence-corrected chi connectivity index (χ1v) is 8.28. The summed E-state index contributed by atoms with van der Waals surface area (Å²) in [6.45, 7) is -0.0671. The summed E-state index contributed by atoms with van der Waals surface area (Å²) < 4.78 is 16.1. The zero-order valence-electron chi connectivity index (χ0n) is 15.4. The van der Waals surface area contributed by atoms with Crippen molar-refractivity contribution in [2.75, 3.05) is 26.6 Å². The minimum Gasteiger partial charge on any atom is -0.493 e. The molecule has 0 fully saturated rings. The smallest absolute Gasteiger partial charge is 0.203 e. The standard InChI is InChI=1S/C20H21N3O4/c1-25-17-8-14(9-18(26-2)20(17)27-3)22-19-11-21-10-16(23-19)15-7-5-4-6-13(15)12-24/h4-11,24H,12H2,1-3H3,(H,22,23). The van der Waals surface area contributed by atoms with E-state index in [2.05, 4.69) is 15.3 Å². The Labute approximate surface area is 157 Å². The molecule has 3 rings (SSSR count). The monoisotopic (exact) mass is 367 g/mol. The molecule has 0 aliphatic heterocycles. The Balaban J connectivity index is 1.95. The molecule has 0 spiro atoms. The van der Waals surface area contributed by atoms with Gasteiger partial charge in [-0.3, -0.25) is 4.98 Å². The van der Waals surface area contributed by atoms with Crippen LogP contribution in [0.15, 0.2) is 48.8 Å². The molecular weight excluding hydrogens is 346 g/mol. The molecule has 140 valence electrons. The average molecular weight is 367 g/mol. The van der Waals surface area contributed by atoms with Gasteiger partial charge in [0.05, 0.1) is 46.0 Å². The highest BCUT2D eigenvalue weighted by Gasteiger charge is 2.14. The lowest BCUT2D eigenvalue weighted by molar-refractivity contribution is 0.282. The lowest BCUT2D eigenvalue weighted by atomic mass is 10.1. The quantitative estimate of drug-likeness (QED) is 0.662. The molecule has 0 unspecified atom stereocenters. The number of rotatable bonds is 7. The molecule has 1 heterocycles. The predicted octanol–water partition coefficient (Wildman–Crippen LogP) is 3.41. The average Bonchev–Trinajstić information content (AvgIpc) is 2.73. The van der Waals surface area contributed by atoms with Crippen LogP contribution in [0.2, 0.25) is 0 Å². The fraction of sp³-hybridized carbons (Fsp3) is 0.200. The van der Waals surface area contributed by atoms with E-state index in [0.29, 0.717) is 34.4 Å². The summed E-state index contributed by atoms with van der Waals surface area (Å²) >= 11 is 0. The first-order chi connectivity index (χ1) is 13.2. The number of methoxy groups -OCH3 is 3. The van der Waals surface area contributed by atoms with E-state index >= 15 is 0 Å². The summed E-state index contributed by atoms with van der Waals surface area (Å²) in [5.74, 6) is 2.14. The van der Waals surface area contributed by atoms with Gasteiger partial charge in [0.1, 0.15) is 5.82 Å². The third-order valence-corrected chi connectivity index (χ3v) is 4.04. The number of anilines is 2. The van der Waals surface area contributed by atoms with E-state index in [-0.39, 0.29) is 6.61 Å². The molecular formula is C20H21N3O4. The Morgan fingerprint density at radius 1 is 0.963 bits per heavy atom. The molecule has 7 heteroatoms. The van der Waals surface area contributed by atoms with Gasteiger partial charge in [-0.2, -0.15) is 0 Å².